The molecule has 1 saturated carbocycles. The molecule has 1 heterocycles. The Labute approximate surface area is 102 Å². The van der Waals surface area contributed by atoms with E-state index < -0.39 is 0 Å². The molecule has 0 radical (unpaired) electrons. The second kappa shape index (κ2) is 4.28. The van der Waals surface area contributed by atoms with Crippen LogP contribution in [0.15, 0.2) is 6.20 Å². The molecule has 0 aliphatic heterocycles. The number of aromatic nitrogens is 2. The zero-order valence-corrected chi connectivity index (χ0v) is 10.8. The highest BCUT2D eigenvalue weighted by Crippen LogP contribution is 2.39. The van der Waals surface area contributed by atoms with E-state index in [0.29, 0.717) is 22.3 Å². The van der Waals surface area contributed by atoms with Crippen molar-refractivity contribution >= 4 is 17.4 Å². The molecular weight excluding hydrogens is 222 g/mol. The SMILES string of the molecule is CC1(C)CCCC(n2ncc(Cl)c2N)CC1. The molecule has 1 aliphatic carbocycles. The van der Waals surface area contributed by atoms with Gasteiger partial charge in [0.25, 0.3) is 0 Å². The smallest absolute Gasteiger partial charge is 0.140 e. The first-order valence-corrected chi connectivity index (χ1v) is 6.36. The number of nitrogen functional groups attached to an aromatic ring is 1. The van der Waals surface area contributed by atoms with Crippen LogP contribution in [0.1, 0.15) is 52.0 Å². The summed E-state index contributed by atoms with van der Waals surface area (Å²) in [5.74, 6) is 0.617. The van der Waals surface area contributed by atoms with Gasteiger partial charge in [0.1, 0.15) is 10.8 Å². The van der Waals surface area contributed by atoms with Crippen LogP contribution in [0.25, 0.3) is 0 Å². The molecule has 3 nitrogen and oxygen atoms in total. The zero-order chi connectivity index (χ0) is 11.8. The van der Waals surface area contributed by atoms with E-state index in [2.05, 4.69) is 18.9 Å². The quantitative estimate of drug-likeness (QED) is 0.763. The Kier molecular flexibility index (Phi) is 3.15. The third-order valence-corrected chi connectivity index (χ3v) is 3.97. The van der Waals surface area contributed by atoms with Gasteiger partial charge in [-0.2, -0.15) is 5.10 Å². The number of nitrogens with two attached hydrogens (primary N) is 1. The molecule has 2 rings (SSSR count). The molecule has 1 aliphatic rings. The summed E-state index contributed by atoms with van der Waals surface area (Å²) in [7, 11) is 0. The fraction of sp³-hybridized carbons (Fsp3) is 0.750. The van der Waals surface area contributed by atoms with Crippen molar-refractivity contribution in [1.29, 1.82) is 0 Å². The van der Waals surface area contributed by atoms with Gasteiger partial charge < -0.3 is 5.73 Å². The molecule has 1 unspecified atom stereocenters. The van der Waals surface area contributed by atoms with E-state index in [1.807, 2.05) is 4.68 Å². The first kappa shape index (κ1) is 11.8. The van der Waals surface area contributed by atoms with Crippen molar-refractivity contribution in [2.75, 3.05) is 5.73 Å². The number of rotatable bonds is 1. The number of hydrogen-bond acceptors (Lipinski definition) is 2. The van der Waals surface area contributed by atoms with E-state index in [9.17, 15) is 0 Å². The van der Waals surface area contributed by atoms with Crippen LogP contribution in [0.2, 0.25) is 5.02 Å². The van der Waals surface area contributed by atoms with E-state index >= 15 is 0 Å². The summed E-state index contributed by atoms with van der Waals surface area (Å²) in [5.41, 5.74) is 6.38. The number of halogens is 1. The minimum atomic E-state index is 0.425. The van der Waals surface area contributed by atoms with Crippen LogP contribution < -0.4 is 5.73 Å². The van der Waals surface area contributed by atoms with Crippen LogP contribution >= 0.6 is 11.6 Å². The maximum atomic E-state index is 5.94. The average Bonchev–Trinajstić information content (AvgIpc) is 2.45. The first-order valence-electron chi connectivity index (χ1n) is 5.98. The average molecular weight is 242 g/mol. The lowest BCUT2D eigenvalue weighted by Crippen LogP contribution is -2.14. The lowest BCUT2D eigenvalue weighted by molar-refractivity contribution is 0.305. The number of anilines is 1. The molecule has 0 amide bonds. The Morgan fingerprint density at radius 3 is 2.81 bits per heavy atom. The van der Waals surface area contributed by atoms with Crippen molar-refractivity contribution in [3.63, 3.8) is 0 Å². The summed E-state index contributed by atoms with van der Waals surface area (Å²) in [5, 5.41) is 4.86. The number of hydrogen-bond donors (Lipinski definition) is 1. The van der Waals surface area contributed by atoms with E-state index in [-0.39, 0.29) is 0 Å². The van der Waals surface area contributed by atoms with Gasteiger partial charge in [-0.3, -0.25) is 0 Å². The van der Waals surface area contributed by atoms with Crippen molar-refractivity contribution in [2.45, 2.75) is 52.0 Å². The fourth-order valence-electron chi connectivity index (χ4n) is 2.53. The van der Waals surface area contributed by atoms with Crippen molar-refractivity contribution in [1.82, 2.24) is 9.78 Å². The zero-order valence-electron chi connectivity index (χ0n) is 10.0. The van der Waals surface area contributed by atoms with Gasteiger partial charge in [0.2, 0.25) is 0 Å². The lowest BCUT2D eigenvalue weighted by atomic mass is 9.85. The third-order valence-electron chi connectivity index (χ3n) is 3.68. The van der Waals surface area contributed by atoms with Crippen LogP contribution in [0, 0.1) is 5.41 Å². The van der Waals surface area contributed by atoms with Gasteiger partial charge in [-0.1, -0.05) is 31.9 Å². The molecule has 0 saturated heterocycles. The minimum Gasteiger partial charge on any atom is -0.383 e. The molecule has 2 N–H and O–H groups in total. The predicted molar refractivity (Wildman–Crippen MR) is 67.6 cm³/mol. The lowest BCUT2D eigenvalue weighted by Gasteiger charge is -2.22. The summed E-state index contributed by atoms with van der Waals surface area (Å²) in [6.45, 7) is 4.68. The fourth-order valence-corrected chi connectivity index (χ4v) is 2.66. The predicted octanol–water partition coefficient (Wildman–Crippen LogP) is 3.65. The Hall–Kier alpha value is -0.700. The molecular formula is C12H20ClN3. The van der Waals surface area contributed by atoms with Gasteiger partial charge >= 0.3 is 0 Å². The van der Waals surface area contributed by atoms with Crippen molar-refractivity contribution in [3.05, 3.63) is 11.2 Å². The van der Waals surface area contributed by atoms with E-state index in [4.69, 9.17) is 17.3 Å². The second-order valence-corrected chi connectivity index (χ2v) is 5.98. The van der Waals surface area contributed by atoms with Crippen LogP contribution in [-0.4, -0.2) is 9.78 Å². The Morgan fingerprint density at radius 2 is 2.19 bits per heavy atom. The highest BCUT2D eigenvalue weighted by atomic mass is 35.5. The minimum absolute atomic E-state index is 0.425. The largest absolute Gasteiger partial charge is 0.383 e. The van der Waals surface area contributed by atoms with Gasteiger partial charge in [0.05, 0.1) is 12.2 Å². The molecule has 16 heavy (non-hydrogen) atoms. The summed E-state index contributed by atoms with van der Waals surface area (Å²) in [4.78, 5) is 0. The van der Waals surface area contributed by atoms with Crippen LogP contribution in [-0.2, 0) is 0 Å². The highest BCUT2D eigenvalue weighted by molar-refractivity contribution is 6.32. The molecule has 1 fully saturated rings. The van der Waals surface area contributed by atoms with Crippen LogP contribution in [0.4, 0.5) is 5.82 Å². The van der Waals surface area contributed by atoms with Gasteiger partial charge in [-0.25, -0.2) is 4.68 Å². The van der Waals surface area contributed by atoms with E-state index in [1.165, 1.54) is 19.3 Å². The maximum Gasteiger partial charge on any atom is 0.140 e. The monoisotopic (exact) mass is 241 g/mol. The topological polar surface area (TPSA) is 43.8 Å². The Bertz CT molecular complexity index is 370. The first-order chi connectivity index (χ1) is 7.49. The normalized spacial score (nSPS) is 25.3. The van der Waals surface area contributed by atoms with Crippen LogP contribution in [0.5, 0.6) is 0 Å². The van der Waals surface area contributed by atoms with Crippen LogP contribution in [0.3, 0.4) is 0 Å². The summed E-state index contributed by atoms with van der Waals surface area (Å²) < 4.78 is 1.91. The summed E-state index contributed by atoms with van der Waals surface area (Å²) in [6.07, 6.45) is 7.72. The Balaban J connectivity index is 2.14. The third kappa shape index (κ3) is 2.34. The molecule has 4 heteroatoms. The second-order valence-electron chi connectivity index (χ2n) is 5.57. The van der Waals surface area contributed by atoms with E-state index in [1.54, 1.807) is 6.20 Å². The maximum absolute atomic E-state index is 5.94. The van der Waals surface area contributed by atoms with Crippen molar-refractivity contribution in [3.8, 4) is 0 Å². The molecule has 90 valence electrons. The molecule has 0 spiro atoms. The van der Waals surface area contributed by atoms with Gasteiger partial charge in [0, 0.05) is 0 Å². The highest BCUT2D eigenvalue weighted by Gasteiger charge is 2.26. The van der Waals surface area contributed by atoms with Crippen molar-refractivity contribution in [2.24, 2.45) is 5.41 Å². The standard InChI is InChI=1S/C12H20ClN3/c1-12(2)6-3-4-9(5-7-12)16-11(14)10(13)8-15-16/h8-9H,3-7,14H2,1-2H3. The summed E-state index contributed by atoms with van der Waals surface area (Å²) >= 11 is 5.94. The van der Waals surface area contributed by atoms with E-state index in [0.717, 1.165) is 12.8 Å². The molecule has 0 aromatic carbocycles. The van der Waals surface area contributed by atoms with Gasteiger partial charge in [-0.05, 0) is 31.1 Å². The summed E-state index contributed by atoms with van der Waals surface area (Å²) in [6, 6.07) is 0.425. The van der Waals surface area contributed by atoms with Gasteiger partial charge in [0.15, 0.2) is 0 Å². The van der Waals surface area contributed by atoms with Gasteiger partial charge in [-0.15, -0.1) is 0 Å². The van der Waals surface area contributed by atoms with Crippen molar-refractivity contribution < 1.29 is 0 Å². The number of nitrogens with zero attached hydrogens (tertiary/aromatic N) is 2. The Morgan fingerprint density at radius 1 is 1.44 bits per heavy atom. The molecule has 1 atom stereocenters. The molecule has 1 aromatic rings. The molecule has 0 bridgehead atoms. The molecule has 1 aromatic heterocycles.